The molecule has 2 aromatic carbocycles. The number of furan rings is 1. The molecule has 0 spiro atoms. The topological polar surface area (TPSA) is 50.4 Å². The number of benzene rings is 2. The lowest BCUT2D eigenvalue weighted by molar-refractivity contribution is -0.0328. The van der Waals surface area contributed by atoms with Crippen molar-refractivity contribution in [2.45, 2.75) is 23.2 Å². The third kappa shape index (κ3) is 4.57. The maximum atomic E-state index is 12.3. The van der Waals surface area contributed by atoms with Crippen LogP contribution in [0.3, 0.4) is 0 Å². The van der Waals surface area contributed by atoms with Crippen molar-refractivity contribution in [2.75, 3.05) is 0 Å². The van der Waals surface area contributed by atoms with Gasteiger partial charge in [-0.1, -0.05) is 24.3 Å². The van der Waals surface area contributed by atoms with Gasteiger partial charge in [-0.3, -0.25) is 0 Å². The van der Waals surface area contributed by atoms with E-state index in [-0.39, 0.29) is 22.4 Å². The van der Waals surface area contributed by atoms with Crippen LogP contribution in [0.1, 0.15) is 21.7 Å². The van der Waals surface area contributed by atoms with Gasteiger partial charge in [0.25, 0.3) is 0 Å². The van der Waals surface area contributed by atoms with E-state index in [9.17, 15) is 18.0 Å². The minimum atomic E-state index is -4.28. The molecule has 0 amide bonds. The van der Waals surface area contributed by atoms with Crippen LogP contribution < -0.4 is 0 Å². The molecule has 0 aliphatic carbocycles. The molecule has 3 nitrogen and oxygen atoms in total. The molecule has 1 N–H and O–H groups in total. The standard InChI is InChI=1S/C18H13F3O3S/c19-18(20,21)25-14-7-4-11(5-8-14)1-2-12-3-6-13-10-16(17(22)23)24-15(13)9-12/h3-10H,1-2H2,(H,22,23). The van der Waals surface area contributed by atoms with Crippen LogP contribution in [0.4, 0.5) is 13.2 Å². The van der Waals surface area contributed by atoms with Gasteiger partial charge in [0.2, 0.25) is 5.76 Å². The van der Waals surface area contributed by atoms with Gasteiger partial charge in [0.1, 0.15) is 5.58 Å². The second-order valence-corrected chi connectivity index (χ2v) is 6.62. The van der Waals surface area contributed by atoms with Crippen molar-refractivity contribution in [2.24, 2.45) is 0 Å². The van der Waals surface area contributed by atoms with Crippen molar-refractivity contribution >= 4 is 28.7 Å². The summed E-state index contributed by atoms with van der Waals surface area (Å²) < 4.78 is 42.2. The molecule has 0 radical (unpaired) electrons. The number of alkyl halides is 3. The second kappa shape index (κ2) is 6.84. The predicted molar refractivity (Wildman–Crippen MR) is 88.9 cm³/mol. The molecule has 1 heterocycles. The minimum absolute atomic E-state index is 0.107. The van der Waals surface area contributed by atoms with Gasteiger partial charge in [-0.2, -0.15) is 13.2 Å². The van der Waals surface area contributed by atoms with E-state index in [1.54, 1.807) is 24.3 Å². The fourth-order valence-corrected chi connectivity index (χ4v) is 3.02. The molecule has 3 aromatic rings. The molecule has 1 aromatic heterocycles. The van der Waals surface area contributed by atoms with Crippen LogP contribution in [-0.4, -0.2) is 16.6 Å². The first-order chi connectivity index (χ1) is 11.8. The maximum absolute atomic E-state index is 12.3. The van der Waals surface area contributed by atoms with E-state index < -0.39 is 11.5 Å². The Hall–Kier alpha value is -2.41. The molecule has 0 unspecified atom stereocenters. The van der Waals surface area contributed by atoms with Crippen molar-refractivity contribution in [3.8, 4) is 0 Å². The van der Waals surface area contributed by atoms with Crippen molar-refractivity contribution < 1.29 is 27.5 Å². The van der Waals surface area contributed by atoms with Gasteiger partial charge in [-0.05, 0) is 60.0 Å². The summed E-state index contributed by atoms with van der Waals surface area (Å²) in [5.74, 6) is -1.22. The lowest BCUT2D eigenvalue weighted by atomic mass is 10.0. The highest BCUT2D eigenvalue weighted by Gasteiger charge is 2.28. The molecule has 0 aliphatic heterocycles. The zero-order chi connectivity index (χ0) is 18.0. The third-order valence-corrected chi connectivity index (χ3v) is 4.39. The van der Waals surface area contributed by atoms with Crippen molar-refractivity contribution in [3.63, 3.8) is 0 Å². The van der Waals surface area contributed by atoms with E-state index in [0.717, 1.165) is 16.5 Å². The summed E-state index contributed by atoms with van der Waals surface area (Å²) in [6.45, 7) is 0. The van der Waals surface area contributed by atoms with Gasteiger partial charge in [-0.25, -0.2) is 4.79 Å². The molecule has 0 fully saturated rings. The van der Waals surface area contributed by atoms with Crippen molar-refractivity contribution in [1.82, 2.24) is 0 Å². The third-order valence-electron chi connectivity index (χ3n) is 3.65. The number of aryl methyl sites for hydroxylation is 2. The van der Waals surface area contributed by atoms with Gasteiger partial charge >= 0.3 is 11.5 Å². The van der Waals surface area contributed by atoms with Crippen LogP contribution in [0.15, 0.2) is 57.8 Å². The van der Waals surface area contributed by atoms with Crippen molar-refractivity contribution in [1.29, 1.82) is 0 Å². The highest BCUT2D eigenvalue weighted by atomic mass is 32.2. The van der Waals surface area contributed by atoms with Crippen LogP contribution in [0.2, 0.25) is 0 Å². The highest BCUT2D eigenvalue weighted by molar-refractivity contribution is 8.00. The van der Waals surface area contributed by atoms with E-state index in [4.69, 9.17) is 9.52 Å². The molecule has 3 rings (SSSR count). The van der Waals surface area contributed by atoms with Gasteiger partial charge in [-0.15, -0.1) is 0 Å². The zero-order valence-electron chi connectivity index (χ0n) is 12.8. The SMILES string of the molecule is O=C(O)c1cc2ccc(CCc3ccc(SC(F)(F)F)cc3)cc2o1. The Morgan fingerprint density at radius 2 is 1.64 bits per heavy atom. The number of rotatable bonds is 5. The molecule has 0 saturated carbocycles. The normalized spacial score (nSPS) is 11.8. The summed E-state index contributed by atoms with van der Waals surface area (Å²) in [6.07, 6.45) is 1.33. The number of thioether (sulfide) groups is 1. The van der Waals surface area contributed by atoms with E-state index in [1.807, 2.05) is 6.07 Å². The smallest absolute Gasteiger partial charge is 0.446 e. The van der Waals surface area contributed by atoms with Crippen LogP contribution >= 0.6 is 11.8 Å². The Labute approximate surface area is 145 Å². The molecule has 130 valence electrons. The Kier molecular flexibility index (Phi) is 4.76. The molecule has 0 bridgehead atoms. The Bertz CT molecular complexity index is 898. The summed E-state index contributed by atoms with van der Waals surface area (Å²) in [6, 6.07) is 13.2. The van der Waals surface area contributed by atoms with Crippen LogP contribution in [0.5, 0.6) is 0 Å². The van der Waals surface area contributed by atoms with Crippen LogP contribution in [0.25, 0.3) is 11.0 Å². The Morgan fingerprint density at radius 1 is 1.00 bits per heavy atom. The fourth-order valence-electron chi connectivity index (χ4n) is 2.48. The minimum Gasteiger partial charge on any atom is -0.475 e. The first-order valence-corrected chi connectivity index (χ1v) is 8.22. The van der Waals surface area contributed by atoms with Crippen LogP contribution in [0, 0.1) is 0 Å². The Morgan fingerprint density at radius 3 is 2.28 bits per heavy atom. The monoisotopic (exact) mass is 366 g/mol. The van der Waals surface area contributed by atoms with E-state index in [1.165, 1.54) is 18.2 Å². The van der Waals surface area contributed by atoms with Gasteiger partial charge in [0.05, 0.1) is 0 Å². The number of aromatic carboxylic acids is 1. The summed E-state index contributed by atoms with van der Waals surface area (Å²) in [5, 5.41) is 9.65. The van der Waals surface area contributed by atoms with Gasteiger partial charge < -0.3 is 9.52 Å². The largest absolute Gasteiger partial charge is 0.475 e. The molecule has 0 aliphatic rings. The Balaban J connectivity index is 1.66. The maximum Gasteiger partial charge on any atom is 0.446 e. The summed E-state index contributed by atoms with van der Waals surface area (Å²) in [4.78, 5) is 11.1. The lowest BCUT2D eigenvalue weighted by Gasteiger charge is -2.07. The molecular weight excluding hydrogens is 353 g/mol. The average molecular weight is 366 g/mol. The molecule has 0 atom stereocenters. The van der Waals surface area contributed by atoms with E-state index in [0.29, 0.717) is 18.4 Å². The lowest BCUT2D eigenvalue weighted by Crippen LogP contribution is -1.99. The fraction of sp³-hybridized carbons (Fsp3) is 0.167. The van der Waals surface area contributed by atoms with E-state index >= 15 is 0 Å². The van der Waals surface area contributed by atoms with E-state index in [2.05, 4.69) is 0 Å². The number of hydrogen-bond acceptors (Lipinski definition) is 3. The number of carbonyl (C=O) groups is 1. The summed E-state index contributed by atoms with van der Waals surface area (Å²) in [5.41, 5.74) is -1.88. The first kappa shape index (κ1) is 17.4. The van der Waals surface area contributed by atoms with Gasteiger partial charge in [0, 0.05) is 10.3 Å². The quantitative estimate of drug-likeness (QED) is 0.604. The highest BCUT2D eigenvalue weighted by Crippen LogP contribution is 2.36. The molecule has 7 heteroatoms. The second-order valence-electron chi connectivity index (χ2n) is 5.48. The summed E-state index contributed by atoms with van der Waals surface area (Å²) >= 11 is -0.130. The number of fused-ring (bicyclic) bond motifs is 1. The first-order valence-electron chi connectivity index (χ1n) is 7.41. The molecular formula is C18H13F3O3S. The summed E-state index contributed by atoms with van der Waals surface area (Å²) in [7, 11) is 0. The van der Waals surface area contributed by atoms with Crippen molar-refractivity contribution in [3.05, 3.63) is 65.4 Å². The number of hydrogen-bond donors (Lipinski definition) is 1. The zero-order valence-corrected chi connectivity index (χ0v) is 13.7. The number of halogens is 3. The number of carboxylic acids is 1. The molecule has 25 heavy (non-hydrogen) atoms. The van der Waals surface area contributed by atoms with Crippen LogP contribution in [-0.2, 0) is 12.8 Å². The number of carboxylic acid groups (broad SMARTS) is 1. The average Bonchev–Trinajstić information content (AvgIpc) is 2.96. The molecule has 0 saturated heterocycles. The predicted octanol–water partition coefficient (Wildman–Crippen LogP) is 5.53. The van der Waals surface area contributed by atoms with Gasteiger partial charge in [0.15, 0.2) is 0 Å².